The molecule has 0 atom stereocenters. The standard InChI is InChI=1S/C19H14N2/c1-11-9-12(2)18-15(10-11)17-16-13(5-7-20-17)3-4-14-6-8-21(18)19(14)16/h3-10H,1-2H3. The van der Waals surface area contributed by atoms with Crippen LogP contribution < -0.4 is 0 Å². The summed E-state index contributed by atoms with van der Waals surface area (Å²) in [6.07, 6.45) is 4.10. The van der Waals surface area contributed by atoms with Crippen molar-refractivity contribution in [3.8, 4) is 0 Å². The number of aromatic nitrogens is 2. The van der Waals surface area contributed by atoms with E-state index in [0.717, 1.165) is 5.52 Å². The Morgan fingerprint density at radius 3 is 2.67 bits per heavy atom. The molecule has 3 heterocycles. The quantitative estimate of drug-likeness (QED) is 0.290. The Morgan fingerprint density at radius 2 is 1.76 bits per heavy atom. The molecule has 2 aromatic carbocycles. The van der Waals surface area contributed by atoms with Gasteiger partial charge in [-0.25, -0.2) is 0 Å². The van der Waals surface area contributed by atoms with E-state index >= 15 is 0 Å². The number of nitrogens with zero attached hydrogens (tertiary/aromatic N) is 2. The Balaban J connectivity index is 2.30. The molecule has 0 saturated carbocycles. The predicted octanol–water partition coefficient (Wildman–Crippen LogP) is 4.85. The normalized spacial score (nSPS) is 12.3. The van der Waals surface area contributed by atoms with E-state index in [2.05, 4.69) is 60.8 Å². The molecule has 0 unspecified atom stereocenters. The SMILES string of the molecule is Cc1cc(C)c2c(c1)c1nccc3ccc4ccn2c4c31. The molecule has 0 radical (unpaired) electrons. The van der Waals surface area contributed by atoms with Gasteiger partial charge in [-0.2, -0.15) is 0 Å². The monoisotopic (exact) mass is 270 g/mol. The summed E-state index contributed by atoms with van der Waals surface area (Å²) in [6.45, 7) is 4.34. The zero-order valence-corrected chi connectivity index (χ0v) is 12.0. The molecule has 0 bridgehead atoms. The van der Waals surface area contributed by atoms with Gasteiger partial charge < -0.3 is 4.40 Å². The third-order valence-electron chi connectivity index (χ3n) is 4.52. The van der Waals surface area contributed by atoms with Crippen LogP contribution in [-0.2, 0) is 0 Å². The van der Waals surface area contributed by atoms with E-state index < -0.39 is 0 Å². The molecule has 0 N–H and O–H groups in total. The minimum atomic E-state index is 1.12. The van der Waals surface area contributed by atoms with Gasteiger partial charge in [0.05, 0.1) is 16.6 Å². The molecule has 3 aromatic heterocycles. The van der Waals surface area contributed by atoms with Crippen LogP contribution in [0.25, 0.3) is 38.1 Å². The van der Waals surface area contributed by atoms with Crippen molar-refractivity contribution in [3.63, 3.8) is 0 Å². The van der Waals surface area contributed by atoms with Crippen LogP contribution in [0.4, 0.5) is 0 Å². The summed E-state index contributed by atoms with van der Waals surface area (Å²) in [7, 11) is 0. The Labute approximate surface area is 122 Å². The molecule has 0 saturated heterocycles. The molecule has 5 rings (SSSR count). The highest BCUT2D eigenvalue weighted by Gasteiger charge is 2.15. The van der Waals surface area contributed by atoms with Gasteiger partial charge in [-0.3, -0.25) is 4.98 Å². The highest BCUT2D eigenvalue weighted by Crippen LogP contribution is 2.36. The number of hydrogen-bond acceptors (Lipinski definition) is 1. The Bertz CT molecular complexity index is 1150. The Morgan fingerprint density at radius 1 is 0.905 bits per heavy atom. The van der Waals surface area contributed by atoms with Gasteiger partial charge in [0.2, 0.25) is 0 Å². The fraction of sp³-hybridized carbons (Fsp3) is 0.105. The first-order valence-corrected chi connectivity index (χ1v) is 7.25. The van der Waals surface area contributed by atoms with Crippen molar-refractivity contribution in [2.24, 2.45) is 0 Å². The maximum Gasteiger partial charge on any atom is 0.0822 e. The maximum atomic E-state index is 4.71. The van der Waals surface area contributed by atoms with Gasteiger partial charge in [-0.1, -0.05) is 23.8 Å². The number of rotatable bonds is 0. The van der Waals surface area contributed by atoms with E-state index in [9.17, 15) is 0 Å². The summed E-state index contributed by atoms with van der Waals surface area (Å²) in [5.74, 6) is 0. The Kier molecular flexibility index (Phi) is 1.86. The number of hydrogen-bond donors (Lipinski definition) is 0. The number of benzene rings is 2. The molecular formula is C19H14N2. The fourth-order valence-electron chi connectivity index (χ4n) is 3.74. The van der Waals surface area contributed by atoms with E-state index in [0.29, 0.717) is 0 Å². The second-order valence-electron chi connectivity index (χ2n) is 5.92. The van der Waals surface area contributed by atoms with Gasteiger partial charge in [0.25, 0.3) is 0 Å². The topological polar surface area (TPSA) is 17.3 Å². The average molecular weight is 270 g/mol. The van der Waals surface area contributed by atoms with Crippen LogP contribution >= 0.6 is 0 Å². The van der Waals surface area contributed by atoms with Crippen molar-refractivity contribution in [2.75, 3.05) is 0 Å². The molecule has 0 fully saturated rings. The molecule has 2 nitrogen and oxygen atoms in total. The first-order valence-electron chi connectivity index (χ1n) is 7.25. The second-order valence-corrected chi connectivity index (χ2v) is 5.92. The molecule has 5 aromatic rings. The van der Waals surface area contributed by atoms with Crippen molar-refractivity contribution in [2.45, 2.75) is 13.8 Å². The lowest BCUT2D eigenvalue weighted by Crippen LogP contribution is -1.95. The minimum Gasteiger partial charge on any atom is -0.315 e. The highest BCUT2D eigenvalue weighted by atomic mass is 14.9. The third kappa shape index (κ3) is 1.25. The summed E-state index contributed by atoms with van der Waals surface area (Å²) in [6, 6.07) is 13.2. The first-order chi connectivity index (χ1) is 10.2. The molecular weight excluding hydrogens is 256 g/mol. The van der Waals surface area contributed by atoms with Crippen LogP contribution in [0.15, 0.2) is 48.8 Å². The molecule has 21 heavy (non-hydrogen) atoms. The Hall–Kier alpha value is -2.61. The molecule has 0 aliphatic carbocycles. The smallest absolute Gasteiger partial charge is 0.0822 e. The van der Waals surface area contributed by atoms with Crippen molar-refractivity contribution in [1.82, 2.24) is 9.38 Å². The van der Waals surface area contributed by atoms with Crippen molar-refractivity contribution < 1.29 is 0 Å². The van der Waals surface area contributed by atoms with Crippen LogP contribution in [-0.4, -0.2) is 9.38 Å². The van der Waals surface area contributed by atoms with E-state index in [4.69, 9.17) is 4.98 Å². The summed E-state index contributed by atoms with van der Waals surface area (Å²) in [5, 5.41) is 5.06. The summed E-state index contributed by atoms with van der Waals surface area (Å²) in [4.78, 5) is 4.71. The second kappa shape index (κ2) is 3.53. The maximum absolute atomic E-state index is 4.71. The summed E-state index contributed by atoms with van der Waals surface area (Å²) in [5.41, 5.74) is 6.26. The van der Waals surface area contributed by atoms with Gasteiger partial charge in [0.1, 0.15) is 0 Å². The molecule has 0 amide bonds. The lowest BCUT2D eigenvalue weighted by Gasteiger charge is -2.14. The van der Waals surface area contributed by atoms with E-state index in [1.165, 1.54) is 43.7 Å². The lowest BCUT2D eigenvalue weighted by atomic mass is 10.00. The zero-order valence-electron chi connectivity index (χ0n) is 12.0. The molecule has 2 heteroatoms. The van der Waals surface area contributed by atoms with E-state index in [-0.39, 0.29) is 0 Å². The van der Waals surface area contributed by atoms with Crippen molar-refractivity contribution in [3.05, 3.63) is 59.9 Å². The van der Waals surface area contributed by atoms with Crippen LogP contribution in [0.5, 0.6) is 0 Å². The van der Waals surface area contributed by atoms with Gasteiger partial charge >= 0.3 is 0 Å². The predicted molar refractivity (Wildman–Crippen MR) is 88.4 cm³/mol. The zero-order chi connectivity index (χ0) is 14.1. The molecule has 0 spiro atoms. The average Bonchev–Trinajstić information content (AvgIpc) is 2.90. The number of fused-ring (bicyclic) bond motifs is 3. The van der Waals surface area contributed by atoms with Crippen molar-refractivity contribution in [1.29, 1.82) is 0 Å². The molecule has 0 aliphatic heterocycles. The third-order valence-corrected chi connectivity index (χ3v) is 4.52. The van der Waals surface area contributed by atoms with Crippen LogP contribution in [0, 0.1) is 13.8 Å². The number of pyridine rings is 2. The minimum absolute atomic E-state index is 1.12. The molecule has 100 valence electrons. The van der Waals surface area contributed by atoms with Gasteiger partial charge in [-0.05, 0) is 43.0 Å². The fourth-order valence-corrected chi connectivity index (χ4v) is 3.74. The summed E-state index contributed by atoms with van der Waals surface area (Å²) >= 11 is 0. The van der Waals surface area contributed by atoms with Gasteiger partial charge in [0.15, 0.2) is 0 Å². The highest BCUT2D eigenvalue weighted by molar-refractivity contribution is 6.22. The lowest BCUT2D eigenvalue weighted by molar-refractivity contribution is 1.25. The van der Waals surface area contributed by atoms with Gasteiger partial charge in [0, 0.05) is 28.6 Å². The van der Waals surface area contributed by atoms with Crippen LogP contribution in [0.2, 0.25) is 0 Å². The largest absolute Gasteiger partial charge is 0.315 e. The van der Waals surface area contributed by atoms with E-state index in [1.807, 2.05) is 6.20 Å². The van der Waals surface area contributed by atoms with Gasteiger partial charge in [-0.15, -0.1) is 0 Å². The van der Waals surface area contributed by atoms with Crippen molar-refractivity contribution >= 4 is 38.1 Å². The van der Waals surface area contributed by atoms with Crippen LogP contribution in [0.1, 0.15) is 11.1 Å². The van der Waals surface area contributed by atoms with Crippen LogP contribution in [0.3, 0.4) is 0 Å². The molecule has 0 aliphatic rings. The number of aryl methyl sites for hydroxylation is 2. The summed E-state index contributed by atoms with van der Waals surface area (Å²) < 4.78 is 2.33. The van der Waals surface area contributed by atoms with E-state index in [1.54, 1.807) is 0 Å². The first kappa shape index (κ1) is 11.1.